The first-order valence-electron chi connectivity index (χ1n) is 6.30. The highest BCUT2D eigenvalue weighted by Gasteiger charge is 2.51. The van der Waals surface area contributed by atoms with Crippen molar-refractivity contribution >= 4 is 5.97 Å². The third-order valence-corrected chi connectivity index (χ3v) is 4.73. The van der Waals surface area contributed by atoms with Gasteiger partial charge < -0.3 is 9.47 Å². The van der Waals surface area contributed by atoms with E-state index in [-0.39, 0.29) is 11.9 Å². The molecule has 5 unspecified atom stereocenters. The third-order valence-electron chi connectivity index (χ3n) is 4.73. The Morgan fingerprint density at radius 1 is 1.19 bits per heavy atom. The summed E-state index contributed by atoms with van der Waals surface area (Å²) >= 11 is 0. The maximum Gasteiger partial charge on any atom is 0.309 e. The van der Waals surface area contributed by atoms with Crippen molar-refractivity contribution in [3.63, 3.8) is 0 Å². The largest absolute Gasteiger partial charge is 0.463 e. The number of carbonyl (C=O) groups excluding carboxylic acids is 1. The fraction of sp³-hybridized carbons (Fsp3) is 0.923. The molecule has 2 saturated carbocycles. The molecule has 2 rings (SSSR count). The molecule has 0 saturated heterocycles. The Hall–Kier alpha value is -0.570. The summed E-state index contributed by atoms with van der Waals surface area (Å²) in [5.41, 5.74) is 0. The Kier molecular flexibility index (Phi) is 3.53. The molecule has 0 aromatic heterocycles. The Bertz CT molecular complexity index is 262. The second-order valence-corrected chi connectivity index (χ2v) is 5.38. The van der Waals surface area contributed by atoms with Gasteiger partial charge in [-0.05, 0) is 36.5 Å². The maximum absolute atomic E-state index is 11.9. The summed E-state index contributed by atoms with van der Waals surface area (Å²) in [6.45, 7) is 5.50. The number of methoxy groups -OCH3 is 1. The van der Waals surface area contributed by atoms with Crippen LogP contribution < -0.4 is 0 Å². The molecule has 0 aromatic rings. The number of rotatable bonds is 4. The van der Waals surface area contributed by atoms with E-state index < -0.39 is 0 Å². The summed E-state index contributed by atoms with van der Waals surface area (Å²) in [6.07, 6.45) is 2.27. The van der Waals surface area contributed by atoms with Gasteiger partial charge in [-0.25, -0.2) is 0 Å². The van der Waals surface area contributed by atoms with Gasteiger partial charge in [0, 0.05) is 7.11 Å². The Labute approximate surface area is 97.5 Å². The average Bonchev–Trinajstić information content (AvgIpc) is 2.80. The molecule has 0 aromatic carbocycles. The van der Waals surface area contributed by atoms with Gasteiger partial charge in [-0.15, -0.1) is 0 Å². The van der Waals surface area contributed by atoms with E-state index in [9.17, 15) is 4.79 Å². The van der Waals surface area contributed by atoms with Crippen LogP contribution in [0.2, 0.25) is 0 Å². The Morgan fingerprint density at radius 2 is 1.94 bits per heavy atom. The van der Waals surface area contributed by atoms with Crippen molar-refractivity contribution in [1.82, 2.24) is 0 Å². The molecule has 0 heterocycles. The number of ether oxygens (including phenoxy) is 2. The molecule has 0 spiro atoms. The lowest BCUT2D eigenvalue weighted by molar-refractivity contribution is -0.152. The number of fused-ring (bicyclic) bond motifs is 2. The van der Waals surface area contributed by atoms with Crippen molar-refractivity contribution < 1.29 is 14.3 Å². The minimum atomic E-state index is 0.00306. The molecule has 0 aliphatic heterocycles. The van der Waals surface area contributed by atoms with Crippen molar-refractivity contribution in [3.05, 3.63) is 0 Å². The second-order valence-electron chi connectivity index (χ2n) is 5.38. The van der Waals surface area contributed by atoms with Gasteiger partial charge in [-0.2, -0.15) is 0 Å². The van der Waals surface area contributed by atoms with Crippen LogP contribution in [-0.4, -0.2) is 26.3 Å². The molecule has 3 heteroatoms. The van der Waals surface area contributed by atoms with Gasteiger partial charge in [-0.3, -0.25) is 4.79 Å². The summed E-state index contributed by atoms with van der Waals surface area (Å²) < 4.78 is 10.1. The van der Waals surface area contributed by atoms with Crippen LogP contribution in [0.15, 0.2) is 0 Å². The molecule has 0 radical (unpaired) electrons. The summed E-state index contributed by atoms with van der Waals surface area (Å²) in [4.78, 5) is 11.9. The van der Waals surface area contributed by atoms with E-state index in [4.69, 9.17) is 9.47 Å². The molecule has 0 N–H and O–H groups in total. The Morgan fingerprint density at radius 3 is 2.50 bits per heavy atom. The molecule has 2 aliphatic rings. The van der Waals surface area contributed by atoms with Crippen LogP contribution in [-0.2, 0) is 14.3 Å². The van der Waals surface area contributed by atoms with E-state index in [1.165, 1.54) is 6.42 Å². The van der Waals surface area contributed by atoms with Gasteiger partial charge in [0.15, 0.2) is 0 Å². The van der Waals surface area contributed by atoms with Crippen molar-refractivity contribution in [2.24, 2.45) is 29.6 Å². The molecule has 2 aliphatic carbocycles. The lowest BCUT2D eigenvalue weighted by Gasteiger charge is -2.30. The maximum atomic E-state index is 11.9. The summed E-state index contributed by atoms with van der Waals surface area (Å²) in [7, 11) is 1.62. The quantitative estimate of drug-likeness (QED) is 0.544. The fourth-order valence-corrected chi connectivity index (χ4v) is 3.54. The molecular weight excluding hydrogens is 204 g/mol. The minimum absolute atomic E-state index is 0.00306. The molecule has 0 amide bonds. The van der Waals surface area contributed by atoms with Crippen LogP contribution in [0.25, 0.3) is 0 Å². The zero-order valence-electron chi connectivity index (χ0n) is 10.4. The van der Waals surface area contributed by atoms with E-state index in [1.54, 1.807) is 7.11 Å². The molecule has 5 atom stereocenters. The number of carbonyl (C=O) groups is 1. The molecule has 2 bridgehead atoms. The van der Waals surface area contributed by atoms with E-state index in [0.717, 1.165) is 18.3 Å². The summed E-state index contributed by atoms with van der Waals surface area (Å²) in [5.74, 6) is 2.94. The lowest BCUT2D eigenvalue weighted by atomic mass is 9.76. The second kappa shape index (κ2) is 4.74. The van der Waals surface area contributed by atoms with Crippen LogP contribution in [0.5, 0.6) is 0 Å². The van der Waals surface area contributed by atoms with Crippen molar-refractivity contribution in [2.75, 3.05) is 20.3 Å². The van der Waals surface area contributed by atoms with Crippen LogP contribution in [0.3, 0.4) is 0 Å². The average molecular weight is 226 g/mol. The highest BCUT2D eigenvalue weighted by molar-refractivity contribution is 5.73. The normalized spacial score (nSPS) is 41.3. The van der Waals surface area contributed by atoms with Gasteiger partial charge in [0.1, 0.15) is 6.61 Å². The smallest absolute Gasteiger partial charge is 0.309 e. The van der Waals surface area contributed by atoms with Gasteiger partial charge in [0.2, 0.25) is 0 Å². The van der Waals surface area contributed by atoms with E-state index in [2.05, 4.69) is 13.8 Å². The minimum Gasteiger partial charge on any atom is -0.463 e. The predicted molar refractivity (Wildman–Crippen MR) is 60.9 cm³/mol. The zero-order valence-corrected chi connectivity index (χ0v) is 10.4. The number of hydrogen-bond acceptors (Lipinski definition) is 3. The topological polar surface area (TPSA) is 35.5 Å². The van der Waals surface area contributed by atoms with Gasteiger partial charge in [0.05, 0.1) is 12.5 Å². The molecule has 3 nitrogen and oxygen atoms in total. The van der Waals surface area contributed by atoms with Crippen molar-refractivity contribution in [1.29, 1.82) is 0 Å². The number of hydrogen-bond donors (Lipinski definition) is 0. The predicted octanol–water partition coefficient (Wildman–Crippen LogP) is 2.10. The summed E-state index contributed by atoms with van der Waals surface area (Å²) in [5, 5.41) is 0. The standard InChI is InChI=1S/C13H22O3/c1-8-9(2)11-6-10(8)7-12(11)13(14)16-5-4-15-3/h8-12H,4-7H2,1-3H3. The lowest BCUT2D eigenvalue weighted by Crippen LogP contribution is -2.31. The monoisotopic (exact) mass is 226 g/mol. The first-order chi connectivity index (χ1) is 7.65. The van der Waals surface area contributed by atoms with Gasteiger partial charge in [-0.1, -0.05) is 13.8 Å². The molecule has 92 valence electrons. The van der Waals surface area contributed by atoms with Crippen LogP contribution in [0, 0.1) is 29.6 Å². The zero-order chi connectivity index (χ0) is 11.7. The number of esters is 1. The van der Waals surface area contributed by atoms with Gasteiger partial charge >= 0.3 is 5.97 Å². The third kappa shape index (κ3) is 1.97. The first-order valence-corrected chi connectivity index (χ1v) is 6.30. The van der Waals surface area contributed by atoms with E-state index in [1.807, 2.05) is 0 Å². The van der Waals surface area contributed by atoms with Gasteiger partial charge in [0.25, 0.3) is 0 Å². The Balaban J connectivity index is 1.86. The van der Waals surface area contributed by atoms with Crippen LogP contribution in [0.1, 0.15) is 26.7 Å². The van der Waals surface area contributed by atoms with Crippen molar-refractivity contribution in [3.8, 4) is 0 Å². The molecular formula is C13H22O3. The molecule has 2 fully saturated rings. The summed E-state index contributed by atoms with van der Waals surface area (Å²) in [6, 6.07) is 0. The fourth-order valence-electron chi connectivity index (χ4n) is 3.54. The van der Waals surface area contributed by atoms with E-state index >= 15 is 0 Å². The van der Waals surface area contributed by atoms with Crippen LogP contribution in [0.4, 0.5) is 0 Å². The van der Waals surface area contributed by atoms with E-state index in [0.29, 0.717) is 25.0 Å². The first kappa shape index (κ1) is 11.9. The highest BCUT2D eigenvalue weighted by atomic mass is 16.6. The SMILES string of the molecule is COCCOC(=O)C1CC2CC1C(C)C2C. The van der Waals surface area contributed by atoms with Crippen LogP contribution >= 0.6 is 0 Å². The van der Waals surface area contributed by atoms with Crippen molar-refractivity contribution in [2.45, 2.75) is 26.7 Å². The highest BCUT2D eigenvalue weighted by Crippen LogP contribution is 2.55. The molecule has 16 heavy (non-hydrogen) atoms.